The van der Waals surface area contributed by atoms with Gasteiger partial charge in [0.05, 0.1) is 5.69 Å². The van der Waals surface area contributed by atoms with Crippen LogP contribution >= 0.6 is 0 Å². The molecule has 0 aliphatic carbocycles. The number of pyridine rings is 2. The summed E-state index contributed by atoms with van der Waals surface area (Å²) in [4.78, 5) is 10.3. The Morgan fingerprint density at radius 2 is 1.16 bits per heavy atom. The van der Waals surface area contributed by atoms with Crippen molar-refractivity contribution in [1.82, 2.24) is 14.5 Å². The summed E-state index contributed by atoms with van der Waals surface area (Å²) in [5, 5.41) is 14.2. The van der Waals surface area contributed by atoms with Gasteiger partial charge in [0.2, 0.25) is 0 Å². The van der Waals surface area contributed by atoms with Crippen LogP contribution in [0.25, 0.3) is 72.4 Å². The summed E-state index contributed by atoms with van der Waals surface area (Å²) in [7, 11) is 0. The molecule has 57 heavy (non-hydrogen) atoms. The van der Waals surface area contributed by atoms with Crippen LogP contribution in [0.2, 0.25) is 0 Å². The second kappa shape index (κ2) is 14.9. The Morgan fingerprint density at radius 1 is 0.544 bits per heavy atom. The summed E-state index contributed by atoms with van der Waals surface area (Å²) in [6, 6.07) is 48.6. The number of hydrogen-bond donors (Lipinski definition) is 1. The Kier molecular flexibility index (Phi) is 10.4. The molecule has 5 aromatic carbocycles. The van der Waals surface area contributed by atoms with Crippen LogP contribution in [-0.4, -0.2) is 19.6 Å². The molecule has 0 spiro atoms. The second-order valence-corrected chi connectivity index (χ2v) is 18.1. The van der Waals surface area contributed by atoms with E-state index in [1.807, 2.05) is 12.3 Å². The van der Waals surface area contributed by atoms with E-state index in [1.165, 1.54) is 11.1 Å². The fourth-order valence-electron chi connectivity index (χ4n) is 7.56. The number of para-hydroxylation sites is 1. The summed E-state index contributed by atoms with van der Waals surface area (Å²) in [5.74, 6) is 1.07. The molecule has 290 valence electrons. The van der Waals surface area contributed by atoms with Gasteiger partial charge >= 0.3 is 0 Å². The monoisotopic (exact) mass is 927 g/mol. The fraction of sp³-hybridized carbons (Fsp3) is 0.231. The molecule has 0 saturated carbocycles. The third kappa shape index (κ3) is 7.73. The van der Waals surface area contributed by atoms with Gasteiger partial charge in [0.1, 0.15) is 11.6 Å². The first-order chi connectivity index (χ1) is 26.6. The predicted octanol–water partition coefficient (Wildman–Crippen LogP) is 13.6. The maximum Gasteiger partial charge on any atom is 0.137 e. The molecule has 0 radical (unpaired) electrons. The Hall–Kier alpha value is -5.31. The van der Waals surface area contributed by atoms with E-state index in [2.05, 4.69) is 194 Å². The molecule has 3 heterocycles. The molecule has 0 bridgehead atoms. The van der Waals surface area contributed by atoms with Crippen molar-refractivity contribution in [3.8, 4) is 56.3 Å². The molecule has 4 nitrogen and oxygen atoms in total. The third-order valence-corrected chi connectivity index (χ3v) is 10.9. The zero-order valence-electron chi connectivity index (χ0n) is 34.3. The first-order valence-electron chi connectivity index (χ1n) is 19.6. The van der Waals surface area contributed by atoms with Crippen LogP contribution in [0.4, 0.5) is 0 Å². The van der Waals surface area contributed by atoms with E-state index in [9.17, 15) is 5.11 Å². The number of benzene rings is 5. The van der Waals surface area contributed by atoms with Crippen molar-refractivity contribution >= 4 is 21.8 Å². The second-order valence-electron chi connectivity index (χ2n) is 18.1. The van der Waals surface area contributed by atoms with Gasteiger partial charge in [-0.1, -0.05) is 153 Å². The van der Waals surface area contributed by atoms with E-state index in [4.69, 9.17) is 9.97 Å². The van der Waals surface area contributed by atoms with Gasteiger partial charge in [-0.25, -0.2) is 4.98 Å². The van der Waals surface area contributed by atoms with Gasteiger partial charge in [-0.15, -0.1) is 23.8 Å². The molecule has 3 aromatic heterocycles. The number of hydrogen-bond acceptors (Lipinski definition) is 3. The van der Waals surface area contributed by atoms with Crippen LogP contribution in [0.15, 0.2) is 134 Å². The zero-order valence-corrected chi connectivity index (χ0v) is 36.6. The van der Waals surface area contributed by atoms with Crippen molar-refractivity contribution in [2.24, 2.45) is 0 Å². The number of aromatic hydroxyl groups is 1. The number of phenols is 1. The van der Waals surface area contributed by atoms with Crippen molar-refractivity contribution in [2.75, 3.05) is 0 Å². The first-order valence-corrected chi connectivity index (χ1v) is 19.6. The minimum Gasteiger partial charge on any atom is -0.507 e. The van der Waals surface area contributed by atoms with Crippen LogP contribution in [0.1, 0.15) is 79.0 Å². The molecular formula is C52H50N3OPt-. The van der Waals surface area contributed by atoms with Crippen LogP contribution < -0.4 is 0 Å². The van der Waals surface area contributed by atoms with Crippen LogP contribution in [0.3, 0.4) is 0 Å². The van der Waals surface area contributed by atoms with E-state index >= 15 is 0 Å². The first kappa shape index (κ1) is 39.9. The number of fused-ring (bicyclic) bond motifs is 3. The van der Waals surface area contributed by atoms with E-state index in [0.29, 0.717) is 0 Å². The van der Waals surface area contributed by atoms with Crippen molar-refractivity contribution < 1.29 is 26.2 Å². The maximum atomic E-state index is 12.0. The molecule has 5 heteroatoms. The van der Waals surface area contributed by atoms with Crippen LogP contribution in [0, 0.1) is 6.07 Å². The summed E-state index contributed by atoms with van der Waals surface area (Å²) >= 11 is 0. The van der Waals surface area contributed by atoms with Gasteiger partial charge in [-0.3, -0.25) is 0 Å². The van der Waals surface area contributed by atoms with Gasteiger partial charge < -0.3 is 14.7 Å². The average molecular weight is 928 g/mol. The van der Waals surface area contributed by atoms with Crippen LogP contribution in [0.5, 0.6) is 5.75 Å². The summed E-state index contributed by atoms with van der Waals surface area (Å²) < 4.78 is 2.23. The third-order valence-electron chi connectivity index (χ3n) is 10.9. The minimum atomic E-state index is -0.264. The molecule has 1 N–H and O–H groups in total. The van der Waals surface area contributed by atoms with Crippen LogP contribution in [-0.2, 0) is 37.3 Å². The summed E-state index contributed by atoms with van der Waals surface area (Å²) in [6.07, 6.45) is 1.88. The van der Waals surface area contributed by atoms with E-state index in [1.54, 1.807) is 0 Å². The van der Waals surface area contributed by atoms with Crippen molar-refractivity contribution in [3.63, 3.8) is 0 Å². The Bertz CT molecular complexity index is 2740. The standard InChI is InChI=1S/C52H50N3O.Pt/c1-50(2,3)38-29-42(49(56)43(30-38)52(7,8)9)45-31-39(51(4,5)6)32-48(54-45)55-46-18-14-13-17-40(46)41-24-23-37(28-47(41)55)44-27-36(25-26-53-44)35-21-19-34(20-22-35)33-15-11-10-12-16-33;/h10-27,29-32,56H,1-9H3;/q-1;. The van der Waals surface area contributed by atoms with Gasteiger partial charge in [0, 0.05) is 43.9 Å². The molecule has 0 amide bonds. The van der Waals surface area contributed by atoms with Gasteiger partial charge in [-0.2, -0.15) is 0 Å². The van der Waals surface area contributed by atoms with E-state index in [0.717, 1.165) is 78.0 Å². The summed E-state index contributed by atoms with van der Waals surface area (Å²) in [6.45, 7) is 19.8. The number of phenolic OH excluding ortho intramolecular Hbond substituents is 1. The largest absolute Gasteiger partial charge is 0.507 e. The SMILES string of the molecule is CC(C)(C)c1cc(-c2cc(C(C)(C)C)cc(C(C)(C)C)c2O)nc(-n2c3[c-]c(-c4cc(-c5ccc(-c6ccccc6)cc5)ccn4)ccc3c3ccccc32)c1.[Pt]. The predicted molar refractivity (Wildman–Crippen MR) is 235 cm³/mol. The van der Waals surface area contributed by atoms with Crippen molar-refractivity contribution in [1.29, 1.82) is 0 Å². The molecule has 0 aliphatic heterocycles. The number of nitrogens with zero attached hydrogens (tertiary/aromatic N) is 3. The van der Waals surface area contributed by atoms with Gasteiger partial charge in [-0.05, 0) is 96.6 Å². The minimum absolute atomic E-state index is 0. The Labute approximate surface area is 352 Å². The molecule has 8 rings (SSSR count). The molecule has 0 atom stereocenters. The zero-order chi connectivity index (χ0) is 39.6. The smallest absolute Gasteiger partial charge is 0.137 e. The molecule has 0 saturated heterocycles. The maximum absolute atomic E-state index is 12.0. The van der Waals surface area contributed by atoms with E-state index < -0.39 is 0 Å². The molecule has 0 aliphatic rings. The normalized spacial score (nSPS) is 12.2. The number of rotatable bonds is 5. The molecule has 8 aromatic rings. The van der Waals surface area contributed by atoms with Gasteiger partial charge in [0.15, 0.2) is 0 Å². The Balaban J connectivity index is 0.00000496. The topological polar surface area (TPSA) is 50.9 Å². The molecule has 0 unspecified atom stereocenters. The number of aromatic nitrogens is 3. The van der Waals surface area contributed by atoms with Gasteiger partial charge in [0.25, 0.3) is 0 Å². The Morgan fingerprint density at radius 3 is 1.82 bits per heavy atom. The molecule has 0 fully saturated rings. The van der Waals surface area contributed by atoms with E-state index in [-0.39, 0.29) is 43.1 Å². The summed E-state index contributed by atoms with van der Waals surface area (Å²) in [5.41, 5.74) is 12.5. The van der Waals surface area contributed by atoms with Crippen molar-refractivity contribution in [2.45, 2.75) is 78.6 Å². The quantitative estimate of drug-likeness (QED) is 0.175. The average Bonchev–Trinajstić information content (AvgIpc) is 3.51. The molecular weight excluding hydrogens is 878 g/mol. The van der Waals surface area contributed by atoms with Crippen molar-refractivity contribution in [3.05, 3.63) is 156 Å². The fourth-order valence-corrected chi connectivity index (χ4v) is 7.56.